The molecule has 2 aromatic carbocycles. The minimum absolute atomic E-state index is 0.207. The van der Waals surface area contributed by atoms with Gasteiger partial charge in [-0.15, -0.1) is 6.58 Å². The molecule has 1 aliphatic rings. The summed E-state index contributed by atoms with van der Waals surface area (Å²) in [6.07, 6.45) is 1.25. The maximum Gasteiger partial charge on any atom is 0.107 e. The first-order chi connectivity index (χ1) is 11.8. The molecule has 0 radical (unpaired) electrons. The van der Waals surface area contributed by atoms with Crippen LogP contribution in [0.1, 0.15) is 11.1 Å². The van der Waals surface area contributed by atoms with Crippen LogP contribution in [0.15, 0.2) is 73.3 Å². The number of benzene rings is 2. The molecule has 0 aromatic heterocycles. The Balaban J connectivity index is 1.63. The van der Waals surface area contributed by atoms with Crippen LogP contribution in [0.4, 0.5) is 0 Å². The summed E-state index contributed by atoms with van der Waals surface area (Å²) in [6, 6.07) is 19.7. The van der Waals surface area contributed by atoms with Crippen LogP contribution in [0.3, 0.4) is 0 Å². The van der Waals surface area contributed by atoms with Gasteiger partial charge in [-0.2, -0.15) is 5.06 Å². The summed E-state index contributed by atoms with van der Waals surface area (Å²) >= 11 is 0. The van der Waals surface area contributed by atoms with E-state index in [0.29, 0.717) is 19.8 Å². The smallest absolute Gasteiger partial charge is 0.107 e. The van der Waals surface area contributed by atoms with Crippen molar-refractivity contribution in [2.24, 2.45) is 0 Å². The van der Waals surface area contributed by atoms with Crippen LogP contribution in [0.5, 0.6) is 0 Å². The maximum atomic E-state index is 10.1. The largest absolute Gasteiger partial charge is 0.369 e. The molecule has 4 heteroatoms. The number of ether oxygens (including phenoxy) is 2. The standard InChI is InChI=1S/C20H23NO3/c1-2-18-20(24-15-17-11-7-4-8-12-17)19(13-21(18)22)23-14-16-9-5-3-6-10-16/h2-12,18-20,22H,1,13-15H2/t18-,19+,20+/m1/s1. The van der Waals surface area contributed by atoms with Crippen LogP contribution in [0.25, 0.3) is 0 Å². The van der Waals surface area contributed by atoms with Crippen molar-refractivity contribution in [1.82, 2.24) is 5.06 Å². The Morgan fingerprint density at radius 3 is 2.04 bits per heavy atom. The fraction of sp³-hybridized carbons (Fsp3) is 0.300. The lowest BCUT2D eigenvalue weighted by atomic mass is 10.1. The zero-order chi connectivity index (χ0) is 16.8. The third-order valence-corrected chi connectivity index (χ3v) is 4.25. The first kappa shape index (κ1) is 16.9. The van der Waals surface area contributed by atoms with Gasteiger partial charge in [0.25, 0.3) is 0 Å². The normalized spacial score (nSPS) is 24.1. The van der Waals surface area contributed by atoms with E-state index in [4.69, 9.17) is 9.47 Å². The zero-order valence-corrected chi connectivity index (χ0v) is 13.6. The highest BCUT2D eigenvalue weighted by molar-refractivity contribution is 5.15. The fourth-order valence-corrected chi connectivity index (χ4v) is 2.95. The van der Waals surface area contributed by atoms with E-state index < -0.39 is 0 Å². The molecule has 3 atom stereocenters. The molecule has 1 heterocycles. The lowest BCUT2D eigenvalue weighted by Gasteiger charge is -2.23. The van der Waals surface area contributed by atoms with Gasteiger partial charge in [0.2, 0.25) is 0 Å². The number of nitrogens with zero attached hydrogens (tertiary/aromatic N) is 1. The summed E-state index contributed by atoms with van der Waals surface area (Å²) in [5.41, 5.74) is 2.20. The molecule has 1 N–H and O–H groups in total. The van der Waals surface area contributed by atoms with Crippen molar-refractivity contribution in [3.63, 3.8) is 0 Å². The number of hydrogen-bond acceptors (Lipinski definition) is 4. The van der Waals surface area contributed by atoms with Crippen molar-refractivity contribution in [3.05, 3.63) is 84.4 Å². The van der Waals surface area contributed by atoms with Gasteiger partial charge in [-0.1, -0.05) is 66.7 Å². The average molecular weight is 325 g/mol. The average Bonchev–Trinajstić information content (AvgIpc) is 2.94. The highest BCUT2D eigenvalue weighted by atomic mass is 16.6. The molecule has 126 valence electrons. The van der Waals surface area contributed by atoms with Gasteiger partial charge in [-0.3, -0.25) is 0 Å². The third kappa shape index (κ3) is 4.10. The van der Waals surface area contributed by atoms with Crippen LogP contribution in [-0.4, -0.2) is 35.1 Å². The van der Waals surface area contributed by atoms with Gasteiger partial charge in [-0.25, -0.2) is 0 Å². The molecular formula is C20H23NO3. The number of rotatable bonds is 7. The number of hydroxylamine groups is 2. The Bertz CT molecular complexity index is 632. The molecule has 4 nitrogen and oxygen atoms in total. The molecule has 24 heavy (non-hydrogen) atoms. The molecular weight excluding hydrogens is 302 g/mol. The Morgan fingerprint density at radius 1 is 0.958 bits per heavy atom. The molecule has 1 aliphatic heterocycles. The van der Waals surface area contributed by atoms with E-state index in [-0.39, 0.29) is 18.2 Å². The van der Waals surface area contributed by atoms with Crippen molar-refractivity contribution < 1.29 is 14.7 Å². The molecule has 0 amide bonds. The summed E-state index contributed by atoms with van der Waals surface area (Å²) < 4.78 is 12.1. The van der Waals surface area contributed by atoms with Crippen molar-refractivity contribution in [3.8, 4) is 0 Å². The van der Waals surface area contributed by atoms with Gasteiger partial charge >= 0.3 is 0 Å². The van der Waals surface area contributed by atoms with Gasteiger partial charge in [-0.05, 0) is 11.1 Å². The molecule has 0 aliphatic carbocycles. The van der Waals surface area contributed by atoms with Gasteiger partial charge in [0, 0.05) is 0 Å². The second-order valence-corrected chi connectivity index (χ2v) is 5.94. The van der Waals surface area contributed by atoms with Crippen molar-refractivity contribution in [1.29, 1.82) is 0 Å². The highest BCUT2D eigenvalue weighted by Gasteiger charge is 2.41. The Morgan fingerprint density at radius 2 is 1.50 bits per heavy atom. The molecule has 0 unspecified atom stereocenters. The Hall–Kier alpha value is -1.98. The molecule has 0 spiro atoms. The van der Waals surface area contributed by atoms with E-state index >= 15 is 0 Å². The van der Waals surface area contributed by atoms with Crippen LogP contribution in [0, 0.1) is 0 Å². The minimum Gasteiger partial charge on any atom is -0.369 e. The van der Waals surface area contributed by atoms with E-state index in [1.807, 2.05) is 60.7 Å². The first-order valence-electron chi connectivity index (χ1n) is 8.17. The minimum atomic E-state index is -0.269. The molecule has 1 saturated heterocycles. The van der Waals surface area contributed by atoms with Gasteiger partial charge in [0.15, 0.2) is 0 Å². The fourth-order valence-electron chi connectivity index (χ4n) is 2.95. The SMILES string of the molecule is C=C[C@@H]1[C@H](OCc2ccccc2)[C@@H](OCc2ccccc2)CN1O. The summed E-state index contributed by atoms with van der Waals surface area (Å²) in [7, 11) is 0. The molecule has 0 bridgehead atoms. The maximum absolute atomic E-state index is 10.1. The lowest BCUT2D eigenvalue weighted by Crippen LogP contribution is -2.35. The second-order valence-electron chi connectivity index (χ2n) is 5.94. The summed E-state index contributed by atoms with van der Waals surface area (Å²) in [4.78, 5) is 0. The van der Waals surface area contributed by atoms with Gasteiger partial charge < -0.3 is 14.7 Å². The van der Waals surface area contributed by atoms with E-state index in [1.165, 1.54) is 5.06 Å². The molecule has 0 saturated carbocycles. The molecule has 1 fully saturated rings. The quantitative estimate of drug-likeness (QED) is 0.792. The topological polar surface area (TPSA) is 41.9 Å². The first-order valence-corrected chi connectivity index (χ1v) is 8.17. The van der Waals surface area contributed by atoms with Crippen molar-refractivity contribution in [2.45, 2.75) is 31.5 Å². The zero-order valence-electron chi connectivity index (χ0n) is 13.6. The third-order valence-electron chi connectivity index (χ3n) is 4.25. The van der Waals surface area contributed by atoms with Crippen LogP contribution < -0.4 is 0 Å². The summed E-state index contributed by atoms with van der Waals surface area (Å²) in [5.74, 6) is 0. The highest BCUT2D eigenvalue weighted by Crippen LogP contribution is 2.25. The lowest BCUT2D eigenvalue weighted by molar-refractivity contribution is -0.109. The van der Waals surface area contributed by atoms with Crippen LogP contribution >= 0.6 is 0 Å². The van der Waals surface area contributed by atoms with Crippen LogP contribution in [0.2, 0.25) is 0 Å². The molecule has 3 rings (SSSR count). The van der Waals surface area contributed by atoms with E-state index in [9.17, 15) is 5.21 Å². The summed E-state index contributed by atoms with van der Waals surface area (Å²) in [6.45, 7) is 5.20. The van der Waals surface area contributed by atoms with Gasteiger partial charge in [0.1, 0.15) is 12.2 Å². The summed E-state index contributed by atoms with van der Waals surface area (Å²) in [5, 5.41) is 11.4. The van der Waals surface area contributed by atoms with E-state index in [0.717, 1.165) is 11.1 Å². The second kappa shape index (κ2) is 8.22. The van der Waals surface area contributed by atoms with Crippen molar-refractivity contribution in [2.75, 3.05) is 6.54 Å². The van der Waals surface area contributed by atoms with E-state index in [1.54, 1.807) is 6.08 Å². The predicted molar refractivity (Wildman–Crippen MR) is 92.5 cm³/mol. The van der Waals surface area contributed by atoms with Crippen LogP contribution in [-0.2, 0) is 22.7 Å². The van der Waals surface area contributed by atoms with E-state index in [2.05, 4.69) is 6.58 Å². The van der Waals surface area contributed by atoms with Crippen molar-refractivity contribution >= 4 is 0 Å². The molecule has 2 aromatic rings. The predicted octanol–water partition coefficient (Wildman–Crippen LogP) is 3.42. The monoisotopic (exact) mass is 325 g/mol. The Labute approximate surface area is 142 Å². The Kier molecular flexibility index (Phi) is 5.77. The number of hydrogen-bond donors (Lipinski definition) is 1. The van der Waals surface area contributed by atoms with Gasteiger partial charge in [0.05, 0.1) is 25.8 Å².